The Bertz CT molecular complexity index is 453. The lowest BCUT2D eigenvalue weighted by Crippen LogP contribution is -2.30. The number of anilines is 1. The lowest BCUT2D eigenvalue weighted by atomic mass is 10.3. The number of aromatic nitrogens is 1. The average Bonchev–Trinajstić information content (AvgIpc) is 2.49. The van der Waals surface area contributed by atoms with E-state index in [1.807, 2.05) is 0 Å². The molecule has 1 N–H and O–H groups in total. The molecule has 0 bridgehead atoms. The van der Waals surface area contributed by atoms with E-state index in [2.05, 4.69) is 10.3 Å². The van der Waals surface area contributed by atoms with Crippen LogP contribution in [0, 0.1) is 17.6 Å². The van der Waals surface area contributed by atoms with Crippen LogP contribution in [0.15, 0.2) is 6.07 Å². The molecule has 17 heavy (non-hydrogen) atoms. The topological polar surface area (TPSA) is 45.2 Å². The number of halogens is 3. The first kappa shape index (κ1) is 11.7. The number of nitrogens with one attached hydrogen (secondary N) is 1. The summed E-state index contributed by atoms with van der Waals surface area (Å²) in [5, 5.41) is 2.59. The molecule has 92 valence electrons. The van der Waals surface area contributed by atoms with E-state index in [9.17, 15) is 18.0 Å². The van der Waals surface area contributed by atoms with Crippen molar-refractivity contribution in [3.05, 3.63) is 23.6 Å². The summed E-state index contributed by atoms with van der Waals surface area (Å²) < 4.78 is 39.1. The fraction of sp³-hybridized carbons (Fsp3) is 0.400. The first-order valence-electron chi connectivity index (χ1n) is 5.11. The Labute approximate surface area is 95.4 Å². The number of pyridine rings is 1. The van der Waals surface area contributed by atoms with Gasteiger partial charge in [0.05, 0.1) is 0 Å². The van der Waals surface area contributed by atoms with Crippen LogP contribution in [0.1, 0.15) is 6.42 Å². The molecule has 1 aliphatic rings. The van der Waals surface area contributed by atoms with Crippen molar-refractivity contribution in [3.8, 4) is 0 Å². The third kappa shape index (κ3) is 2.48. The van der Waals surface area contributed by atoms with Crippen LogP contribution >= 0.6 is 0 Å². The summed E-state index contributed by atoms with van der Waals surface area (Å²) in [6, 6.07) is 0.456. The number of amides is 1. The smallest absolute Gasteiger partial charge is 0.251 e. The third-order valence-corrected chi connectivity index (χ3v) is 2.48. The summed E-state index contributed by atoms with van der Waals surface area (Å²) >= 11 is 0. The molecule has 1 aromatic heterocycles. The van der Waals surface area contributed by atoms with E-state index in [1.165, 1.54) is 4.90 Å². The Kier molecular flexibility index (Phi) is 3.16. The lowest BCUT2D eigenvalue weighted by Gasteiger charge is -2.20. The second kappa shape index (κ2) is 4.60. The predicted octanol–water partition coefficient (Wildman–Crippen LogP) is 0.825. The van der Waals surface area contributed by atoms with Crippen molar-refractivity contribution in [1.82, 2.24) is 10.3 Å². The lowest BCUT2D eigenvalue weighted by molar-refractivity contribution is -0.120. The van der Waals surface area contributed by atoms with Gasteiger partial charge in [-0.25, -0.2) is 8.78 Å². The number of rotatable bonds is 1. The Morgan fingerprint density at radius 2 is 2.00 bits per heavy atom. The summed E-state index contributed by atoms with van der Waals surface area (Å²) in [6.45, 7) is 0.848. The molecule has 1 saturated heterocycles. The van der Waals surface area contributed by atoms with Gasteiger partial charge in [-0.15, -0.1) is 0 Å². The number of hydrogen-bond donors (Lipinski definition) is 1. The number of carbonyl (C=O) groups excluding carboxylic acids is 1. The molecule has 1 fully saturated rings. The second-order valence-electron chi connectivity index (χ2n) is 3.65. The summed E-state index contributed by atoms with van der Waals surface area (Å²) in [5.74, 6) is -4.02. The summed E-state index contributed by atoms with van der Waals surface area (Å²) in [6.07, 6.45) is 0.167. The van der Waals surface area contributed by atoms with Crippen LogP contribution in [0.25, 0.3) is 0 Å². The van der Waals surface area contributed by atoms with Crippen LogP contribution < -0.4 is 10.2 Å². The molecule has 0 atom stereocenters. The minimum Gasteiger partial charge on any atom is -0.354 e. The van der Waals surface area contributed by atoms with E-state index >= 15 is 0 Å². The van der Waals surface area contributed by atoms with Gasteiger partial charge in [0.1, 0.15) is 0 Å². The highest BCUT2D eigenvalue weighted by Crippen LogP contribution is 2.19. The largest absolute Gasteiger partial charge is 0.354 e. The summed E-state index contributed by atoms with van der Waals surface area (Å²) in [7, 11) is 0. The number of carbonyl (C=O) groups is 1. The van der Waals surface area contributed by atoms with Gasteiger partial charge in [-0.05, 0) is 0 Å². The zero-order valence-corrected chi connectivity index (χ0v) is 8.84. The van der Waals surface area contributed by atoms with Crippen molar-refractivity contribution in [2.75, 3.05) is 24.5 Å². The molecule has 2 heterocycles. The van der Waals surface area contributed by atoms with E-state index in [1.54, 1.807) is 0 Å². The molecular formula is C10H10F3N3O. The zero-order valence-electron chi connectivity index (χ0n) is 8.84. The van der Waals surface area contributed by atoms with E-state index in [0.717, 1.165) is 0 Å². The molecule has 0 radical (unpaired) electrons. The molecule has 7 heteroatoms. The molecule has 1 aliphatic heterocycles. The van der Waals surface area contributed by atoms with Crippen LogP contribution in [0.2, 0.25) is 0 Å². The molecule has 0 unspecified atom stereocenters. The van der Waals surface area contributed by atoms with Crippen molar-refractivity contribution in [2.24, 2.45) is 0 Å². The second-order valence-corrected chi connectivity index (χ2v) is 3.65. The van der Waals surface area contributed by atoms with Crippen LogP contribution in [0.5, 0.6) is 0 Å². The van der Waals surface area contributed by atoms with E-state index in [4.69, 9.17) is 0 Å². The third-order valence-electron chi connectivity index (χ3n) is 2.48. The van der Waals surface area contributed by atoms with Gasteiger partial charge < -0.3 is 10.2 Å². The normalized spacial score (nSPS) is 16.6. The first-order chi connectivity index (χ1) is 8.08. The number of hydrogen-bond acceptors (Lipinski definition) is 3. The monoisotopic (exact) mass is 245 g/mol. The van der Waals surface area contributed by atoms with Gasteiger partial charge in [0, 0.05) is 32.1 Å². The Hall–Kier alpha value is -1.79. The molecule has 0 saturated carbocycles. The fourth-order valence-corrected chi connectivity index (χ4v) is 1.64. The van der Waals surface area contributed by atoms with Crippen molar-refractivity contribution in [1.29, 1.82) is 0 Å². The van der Waals surface area contributed by atoms with E-state index in [0.29, 0.717) is 19.2 Å². The molecule has 0 aromatic carbocycles. The zero-order chi connectivity index (χ0) is 12.4. The average molecular weight is 245 g/mol. The molecule has 2 rings (SSSR count). The molecule has 1 aromatic rings. The van der Waals surface area contributed by atoms with Crippen LogP contribution in [0.4, 0.5) is 19.0 Å². The first-order valence-corrected chi connectivity index (χ1v) is 5.11. The van der Waals surface area contributed by atoms with Crippen LogP contribution in [-0.4, -0.2) is 30.5 Å². The highest BCUT2D eigenvalue weighted by Gasteiger charge is 2.20. The highest BCUT2D eigenvalue weighted by atomic mass is 19.2. The predicted molar refractivity (Wildman–Crippen MR) is 54.0 cm³/mol. The number of nitrogens with zero attached hydrogens (tertiary/aromatic N) is 2. The molecule has 0 aliphatic carbocycles. The maximum Gasteiger partial charge on any atom is 0.251 e. The molecule has 1 amide bonds. The maximum atomic E-state index is 13.4. The summed E-state index contributed by atoms with van der Waals surface area (Å²) in [4.78, 5) is 15.7. The van der Waals surface area contributed by atoms with Gasteiger partial charge in [0.15, 0.2) is 17.5 Å². The quantitative estimate of drug-likeness (QED) is 0.745. The summed E-state index contributed by atoms with van der Waals surface area (Å²) in [5.41, 5.74) is 0. The fourth-order valence-electron chi connectivity index (χ4n) is 1.64. The van der Waals surface area contributed by atoms with Crippen molar-refractivity contribution >= 4 is 11.7 Å². The van der Waals surface area contributed by atoms with Crippen LogP contribution in [0.3, 0.4) is 0 Å². The van der Waals surface area contributed by atoms with Gasteiger partial charge in [-0.2, -0.15) is 9.37 Å². The van der Waals surface area contributed by atoms with Gasteiger partial charge in [0.25, 0.3) is 5.95 Å². The standard InChI is InChI=1S/C10H10F3N3O/c11-6-5-7(12)10(15-9(6)13)16-3-1-8(17)14-2-4-16/h5H,1-4H2,(H,14,17). The van der Waals surface area contributed by atoms with Crippen LogP contribution in [-0.2, 0) is 4.79 Å². The van der Waals surface area contributed by atoms with Gasteiger partial charge in [0.2, 0.25) is 5.91 Å². The van der Waals surface area contributed by atoms with Gasteiger partial charge in [-0.1, -0.05) is 0 Å². The van der Waals surface area contributed by atoms with Crippen molar-refractivity contribution in [3.63, 3.8) is 0 Å². The Balaban J connectivity index is 2.27. The Morgan fingerprint density at radius 1 is 1.24 bits per heavy atom. The van der Waals surface area contributed by atoms with Gasteiger partial charge in [-0.3, -0.25) is 4.79 Å². The minimum absolute atomic E-state index is 0.157. The molecular weight excluding hydrogens is 235 g/mol. The van der Waals surface area contributed by atoms with E-state index in [-0.39, 0.29) is 24.7 Å². The highest BCUT2D eigenvalue weighted by molar-refractivity contribution is 5.77. The molecule has 0 spiro atoms. The van der Waals surface area contributed by atoms with Crippen molar-refractivity contribution in [2.45, 2.75) is 6.42 Å². The minimum atomic E-state index is -1.34. The Morgan fingerprint density at radius 3 is 2.76 bits per heavy atom. The maximum absolute atomic E-state index is 13.4. The van der Waals surface area contributed by atoms with Gasteiger partial charge >= 0.3 is 0 Å². The SMILES string of the molecule is O=C1CCN(c2nc(F)c(F)cc2F)CCN1. The van der Waals surface area contributed by atoms with Crippen molar-refractivity contribution < 1.29 is 18.0 Å². The van der Waals surface area contributed by atoms with E-state index < -0.39 is 17.6 Å². The molecule has 4 nitrogen and oxygen atoms in total.